The molecule has 0 saturated heterocycles. The van der Waals surface area contributed by atoms with Gasteiger partial charge in [-0.3, -0.25) is 9.59 Å². The lowest BCUT2D eigenvalue weighted by Crippen LogP contribution is -2.05. The predicted molar refractivity (Wildman–Crippen MR) is 36.2 cm³/mol. The van der Waals surface area contributed by atoms with E-state index >= 15 is 0 Å². The summed E-state index contributed by atoms with van der Waals surface area (Å²) in [5.74, 6) is -0.483. The van der Waals surface area contributed by atoms with Crippen LogP contribution in [0.3, 0.4) is 0 Å². The molecule has 0 heterocycles. The number of carbonyl (C=O) groups excluding carboxylic acids is 2. The van der Waals surface area contributed by atoms with Crippen molar-refractivity contribution >= 4 is 12.3 Å². The number of esters is 1. The fraction of sp³-hybridized carbons (Fsp3) is 0.714. The van der Waals surface area contributed by atoms with Crippen LogP contribution < -0.4 is 0 Å². The Morgan fingerprint density at radius 1 is 1.60 bits per heavy atom. The maximum absolute atomic E-state index is 10.4. The Morgan fingerprint density at radius 2 is 2.30 bits per heavy atom. The monoisotopic (exact) mass is 143 g/mol. The van der Waals surface area contributed by atoms with Gasteiger partial charge in [-0.2, -0.15) is 0 Å². The molecule has 10 heavy (non-hydrogen) atoms. The van der Waals surface area contributed by atoms with Gasteiger partial charge in [-0.25, -0.2) is 0 Å². The molecule has 0 aliphatic rings. The average Bonchev–Trinajstić information content (AvgIpc) is 1.89. The van der Waals surface area contributed by atoms with E-state index in [1.807, 2.05) is 6.92 Å². The maximum atomic E-state index is 10.4. The predicted octanol–water partition coefficient (Wildman–Crippen LogP) is 0.830. The van der Waals surface area contributed by atoms with Crippen LogP contribution in [0, 0.1) is 0 Å². The molecule has 0 aromatic carbocycles. The number of carbonyl (C=O) groups is 1. The SMILES string of the molecule is CCCCOC(=O)C[C]=O. The first-order valence-corrected chi connectivity index (χ1v) is 3.32. The van der Waals surface area contributed by atoms with Gasteiger partial charge in [-0.15, -0.1) is 0 Å². The standard InChI is InChI=1S/C7H11O3/c1-2-3-6-10-7(9)4-5-8/h2-4,6H2,1H3. The topological polar surface area (TPSA) is 43.4 Å². The minimum absolute atomic E-state index is 0.246. The van der Waals surface area contributed by atoms with Gasteiger partial charge in [-0.05, 0) is 6.42 Å². The number of unbranched alkanes of at least 4 members (excludes halogenated alkanes) is 1. The molecule has 0 bridgehead atoms. The Balaban J connectivity index is 3.13. The van der Waals surface area contributed by atoms with Crippen LogP contribution in [0.5, 0.6) is 0 Å². The minimum atomic E-state index is -0.483. The molecule has 0 rings (SSSR count). The van der Waals surface area contributed by atoms with Crippen LogP contribution in [0.1, 0.15) is 26.2 Å². The Hall–Kier alpha value is -0.860. The summed E-state index contributed by atoms with van der Waals surface area (Å²) < 4.78 is 4.62. The van der Waals surface area contributed by atoms with Crippen molar-refractivity contribution in [3.8, 4) is 0 Å². The molecule has 57 valence electrons. The van der Waals surface area contributed by atoms with Crippen LogP contribution >= 0.6 is 0 Å². The lowest BCUT2D eigenvalue weighted by molar-refractivity contribution is -0.142. The lowest BCUT2D eigenvalue weighted by atomic mass is 10.4. The third-order valence-electron chi connectivity index (χ3n) is 0.977. The molecule has 0 amide bonds. The zero-order valence-corrected chi connectivity index (χ0v) is 6.05. The summed E-state index contributed by atoms with van der Waals surface area (Å²) in [7, 11) is 0. The molecule has 0 saturated carbocycles. The van der Waals surface area contributed by atoms with Crippen LogP contribution in [-0.2, 0) is 14.3 Å². The Labute approximate surface area is 60.4 Å². The van der Waals surface area contributed by atoms with Crippen molar-refractivity contribution in [2.24, 2.45) is 0 Å². The van der Waals surface area contributed by atoms with Crippen LogP contribution in [0.25, 0.3) is 0 Å². The van der Waals surface area contributed by atoms with Crippen LogP contribution in [0.15, 0.2) is 0 Å². The summed E-state index contributed by atoms with van der Waals surface area (Å²) in [5, 5.41) is 0. The van der Waals surface area contributed by atoms with Crippen molar-refractivity contribution in [3.63, 3.8) is 0 Å². The molecular weight excluding hydrogens is 132 g/mol. The fourth-order valence-electron chi connectivity index (χ4n) is 0.440. The Bertz CT molecular complexity index is 109. The Kier molecular flexibility index (Phi) is 5.72. The van der Waals surface area contributed by atoms with E-state index in [1.54, 1.807) is 0 Å². The van der Waals surface area contributed by atoms with Gasteiger partial charge in [0.1, 0.15) is 6.42 Å². The highest BCUT2D eigenvalue weighted by Gasteiger charge is 1.99. The van der Waals surface area contributed by atoms with Crippen LogP contribution in [-0.4, -0.2) is 18.9 Å². The van der Waals surface area contributed by atoms with Gasteiger partial charge >= 0.3 is 5.97 Å². The van der Waals surface area contributed by atoms with E-state index in [-0.39, 0.29) is 6.42 Å². The number of hydrogen-bond acceptors (Lipinski definition) is 3. The van der Waals surface area contributed by atoms with Crippen molar-refractivity contribution in [2.75, 3.05) is 6.61 Å². The van der Waals surface area contributed by atoms with E-state index in [4.69, 9.17) is 0 Å². The van der Waals surface area contributed by atoms with Gasteiger partial charge in [-0.1, -0.05) is 13.3 Å². The summed E-state index contributed by atoms with van der Waals surface area (Å²) >= 11 is 0. The van der Waals surface area contributed by atoms with E-state index in [0.29, 0.717) is 6.61 Å². The average molecular weight is 143 g/mol. The molecule has 0 fully saturated rings. The van der Waals surface area contributed by atoms with E-state index < -0.39 is 5.97 Å². The minimum Gasteiger partial charge on any atom is -0.465 e. The van der Waals surface area contributed by atoms with Gasteiger partial charge in [0, 0.05) is 0 Å². The molecule has 0 N–H and O–H groups in total. The highest BCUT2D eigenvalue weighted by molar-refractivity contribution is 5.83. The third-order valence-corrected chi connectivity index (χ3v) is 0.977. The molecule has 1 radical (unpaired) electrons. The molecule has 3 heteroatoms. The van der Waals surface area contributed by atoms with Crippen molar-refractivity contribution in [2.45, 2.75) is 26.2 Å². The van der Waals surface area contributed by atoms with Crippen molar-refractivity contribution in [3.05, 3.63) is 0 Å². The number of hydrogen-bond donors (Lipinski definition) is 0. The van der Waals surface area contributed by atoms with Gasteiger partial charge in [0.05, 0.1) is 6.61 Å². The second-order valence-corrected chi connectivity index (χ2v) is 1.90. The zero-order chi connectivity index (χ0) is 7.82. The summed E-state index contributed by atoms with van der Waals surface area (Å²) in [5.41, 5.74) is 0. The summed E-state index contributed by atoms with van der Waals surface area (Å²) in [6.45, 7) is 2.41. The van der Waals surface area contributed by atoms with Crippen molar-refractivity contribution < 1.29 is 14.3 Å². The number of rotatable bonds is 5. The molecule has 0 atom stereocenters. The molecule has 0 aromatic rings. The first kappa shape index (κ1) is 9.14. The molecule has 0 aliphatic heterocycles. The number of ether oxygens (including phenoxy) is 1. The first-order chi connectivity index (χ1) is 4.81. The van der Waals surface area contributed by atoms with E-state index in [9.17, 15) is 9.59 Å². The van der Waals surface area contributed by atoms with Gasteiger partial charge in [0.25, 0.3) is 0 Å². The van der Waals surface area contributed by atoms with Gasteiger partial charge in [0.15, 0.2) is 0 Å². The van der Waals surface area contributed by atoms with Crippen molar-refractivity contribution in [1.29, 1.82) is 0 Å². The van der Waals surface area contributed by atoms with E-state index in [2.05, 4.69) is 4.74 Å². The first-order valence-electron chi connectivity index (χ1n) is 3.32. The summed E-state index contributed by atoms with van der Waals surface area (Å²) in [6.07, 6.45) is 3.06. The lowest BCUT2D eigenvalue weighted by Gasteiger charge is -1.98. The van der Waals surface area contributed by atoms with E-state index in [0.717, 1.165) is 12.8 Å². The molecule has 0 aromatic heterocycles. The quantitative estimate of drug-likeness (QED) is 0.325. The summed E-state index contributed by atoms with van der Waals surface area (Å²) in [6, 6.07) is 0. The Morgan fingerprint density at radius 3 is 2.80 bits per heavy atom. The molecule has 0 aliphatic carbocycles. The molecule has 0 spiro atoms. The highest BCUT2D eigenvalue weighted by Crippen LogP contribution is 1.89. The second kappa shape index (κ2) is 6.26. The zero-order valence-electron chi connectivity index (χ0n) is 6.05. The third kappa shape index (κ3) is 5.28. The van der Waals surface area contributed by atoms with Gasteiger partial charge < -0.3 is 4.74 Å². The normalized spacial score (nSPS) is 8.90. The molecule has 0 unspecified atom stereocenters. The fourth-order valence-corrected chi connectivity index (χ4v) is 0.440. The van der Waals surface area contributed by atoms with Gasteiger partial charge in [0.2, 0.25) is 6.29 Å². The van der Waals surface area contributed by atoms with Crippen LogP contribution in [0.2, 0.25) is 0 Å². The second-order valence-electron chi connectivity index (χ2n) is 1.90. The maximum Gasteiger partial charge on any atom is 0.313 e. The van der Waals surface area contributed by atoms with Crippen LogP contribution in [0.4, 0.5) is 0 Å². The van der Waals surface area contributed by atoms with Crippen molar-refractivity contribution in [1.82, 2.24) is 0 Å². The highest BCUT2D eigenvalue weighted by atomic mass is 16.5. The smallest absolute Gasteiger partial charge is 0.313 e. The van der Waals surface area contributed by atoms with E-state index in [1.165, 1.54) is 6.29 Å². The molecule has 3 nitrogen and oxygen atoms in total. The largest absolute Gasteiger partial charge is 0.465 e. The summed E-state index contributed by atoms with van der Waals surface area (Å²) in [4.78, 5) is 20.1. The molecular formula is C7H11O3.